The van der Waals surface area contributed by atoms with Gasteiger partial charge in [-0.2, -0.15) is 0 Å². The molecule has 0 spiro atoms. The van der Waals surface area contributed by atoms with E-state index < -0.39 is 0 Å². The summed E-state index contributed by atoms with van der Waals surface area (Å²) in [6, 6.07) is 12.6. The number of rotatable bonds is 7. The van der Waals surface area contributed by atoms with E-state index in [0.717, 1.165) is 6.54 Å². The Labute approximate surface area is 140 Å². The number of thioether (sulfide) groups is 1. The van der Waals surface area contributed by atoms with Crippen LogP contribution in [0.5, 0.6) is 0 Å². The number of hydrogen-bond acceptors (Lipinski definition) is 4. The van der Waals surface area contributed by atoms with Gasteiger partial charge in [0, 0.05) is 16.3 Å². The number of nitrogens with one attached hydrogen (secondary N) is 1. The second-order valence-electron chi connectivity index (χ2n) is 5.32. The lowest BCUT2D eigenvalue weighted by Gasteiger charge is -2.18. The zero-order chi connectivity index (χ0) is 15.9. The van der Waals surface area contributed by atoms with Gasteiger partial charge in [-0.25, -0.2) is 0 Å². The molecule has 0 aliphatic carbocycles. The predicted molar refractivity (Wildman–Crippen MR) is 95.4 cm³/mol. The fourth-order valence-corrected chi connectivity index (χ4v) is 3.38. The molecule has 0 fully saturated rings. The normalized spacial score (nSPS) is 12.4. The van der Waals surface area contributed by atoms with Crippen LogP contribution in [0.3, 0.4) is 0 Å². The van der Waals surface area contributed by atoms with Crippen molar-refractivity contribution in [3.63, 3.8) is 0 Å². The zero-order valence-corrected chi connectivity index (χ0v) is 14.8. The average molecular weight is 335 g/mol. The van der Waals surface area contributed by atoms with Gasteiger partial charge < -0.3 is 5.32 Å². The van der Waals surface area contributed by atoms with E-state index in [9.17, 15) is 4.79 Å². The maximum absolute atomic E-state index is 12.1. The van der Waals surface area contributed by atoms with Gasteiger partial charge in [0.2, 0.25) is 5.91 Å². The average Bonchev–Trinajstić information content (AvgIpc) is 3.02. The van der Waals surface area contributed by atoms with E-state index in [4.69, 9.17) is 0 Å². The van der Waals surface area contributed by atoms with Gasteiger partial charge in [0.1, 0.15) is 0 Å². The largest absolute Gasteiger partial charge is 0.348 e. The first-order chi connectivity index (χ1) is 10.6. The molecule has 1 aromatic heterocycles. The van der Waals surface area contributed by atoms with E-state index in [1.807, 2.05) is 36.4 Å². The van der Waals surface area contributed by atoms with Crippen LogP contribution < -0.4 is 5.32 Å². The van der Waals surface area contributed by atoms with Crippen molar-refractivity contribution in [1.29, 1.82) is 0 Å². The molecular weight excluding hydrogens is 312 g/mol. The summed E-state index contributed by atoms with van der Waals surface area (Å²) in [5, 5.41) is 5.07. The molecule has 118 valence electrons. The third-order valence-electron chi connectivity index (χ3n) is 3.37. The third-order valence-corrected chi connectivity index (χ3v) is 5.17. The predicted octanol–water partition coefficient (Wildman–Crippen LogP) is 3.78. The van der Waals surface area contributed by atoms with Gasteiger partial charge in [-0.15, -0.1) is 23.1 Å². The molecule has 3 nitrogen and oxygen atoms in total. The van der Waals surface area contributed by atoms with Crippen molar-refractivity contribution in [3.05, 3.63) is 52.2 Å². The SMILES string of the molecule is CSc1ccc(CN(C)CC(=O)N[C@@H](C)c2cccs2)cc1. The molecule has 1 heterocycles. The van der Waals surface area contributed by atoms with E-state index in [-0.39, 0.29) is 11.9 Å². The van der Waals surface area contributed by atoms with E-state index in [0.29, 0.717) is 6.54 Å². The maximum atomic E-state index is 12.1. The Balaban J connectivity index is 1.80. The number of benzene rings is 1. The van der Waals surface area contributed by atoms with Crippen molar-refractivity contribution < 1.29 is 4.79 Å². The van der Waals surface area contributed by atoms with Crippen molar-refractivity contribution in [1.82, 2.24) is 10.2 Å². The Morgan fingerprint density at radius 3 is 2.64 bits per heavy atom. The lowest BCUT2D eigenvalue weighted by Crippen LogP contribution is -2.36. The first-order valence-electron chi connectivity index (χ1n) is 7.22. The van der Waals surface area contributed by atoms with Crippen molar-refractivity contribution in [2.45, 2.75) is 24.4 Å². The summed E-state index contributed by atoms with van der Waals surface area (Å²) in [5.74, 6) is 0.0594. The molecule has 0 saturated heterocycles. The summed E-state index contributed by atoms with van der Waals surface area (Å²) in [4.78, 5) is 16.6. The molecule has 22 heavy (non-hydrogen) atoms. The van der Waals surface area contributed by atoms with Crippen LogP contribution in [-0.4, -0.2) is 30.7 Å². The summed E-state index contributed by atoms with van der Waals surface area (Å²) in [6.07, 6.45) is 2.07. The molecule has 0 radical (unpaired) electrons. The minimum Gasteiger partial charge on any atom is -0.348 e. The molecule has 2 aromatic rings. The van der Waals surface area contributed by atoms with E-state index in [2.05, 4.69) is 35.8 Å². The van der Waals surface area contributed by atoms with Gasteiger partial charge in [-0.05, 0) is 49.4 Å². The first kappa shape index (κ1) is 17.1. The van der Waals surface area contributed by atoms with Crippen LogP contribution in [0.2, 0.25) is 0 Å². The number of hydrogen-bond donors (Lipinski definition) is 1. The van der Waals surface area contributed by atoms with Gasteiger partial charge in [0.15, 0.2) is 0 Å². The van der Waals surface area contributed by atoms with Crippen LogP contribution in [0.1, 0.15) is 23.4 Å². The van der Waals surface area contributed by atoms with Crippen LogP contribution in [0.15, 0.2) is 46.7 Å². The fraction of sp³-hybridized carbons (Fsp3) is 0.353. The Hall–Kier alpha value is -1.30. The molecule has 5 heteroatoms. The maximum Gasteiger partial charge on any atom is 0.234 e. The molecule has 1 N–H and O–H groups in total. The first-order valence-corrected chi connectivity index (χ1v) is 9.33. The van der Waals surface area contributed by atoms with Crippen LogP contribution in [0, 0.1) is 0 Å². The van der Waals surface area contributed by atoms with Crippen LogP contribution in [0.25, 0.3) is 0 Å². The standard InChI is InChI=1S/C17H22N2OS2/c1-13(16-5-4-10-22-16)18-17(20)12-19(2)11-14-6-8-15(21-3)9-7-14/h4-10,13H,11-12H2,1-3H3,(H,18,20)/t13-/m0/s1. The highest BCUT2D eigenvalue weighted by Crippen LogP contribution is 2.18. The highest BCUT2D eigenvalue weighted by molar-refractivity contribution is 7.98. The third kappa shape index (κ3) is 5.16. The summed E-state index contributed by atoms with van der Waals surface area (Å²) < 4.78 is 0. The Morgan fingerprint density at radius 2 is 2.05 bits per heavy atom. The molecule has 1 amide bonds. The van der Waals surface area contributed by atoms with E-state index >= 15 is 0 Å². The van der Waals surface area contributed by atoms with E-state index in [1.165, 1.54) is 15.3 Å². The molecule has 2 rings (SSSR count). The van der Waals surface area contributed by atoms with Crippen LogP contribution in [0.4, 0.5) is 0 Å². The quantitative estimate of drug-likeness (QED) is 0.782. The lowest BCUT2D eigenvalue weighted by molar-refractivity contribution is -0.122. The molecule has 1 aromatic carbocycles. The van der Waals surface area contributed by atoms with Crippen molar-refractivity contribution >= 4 is 29.0 Å². The fourth-order valence-electron chi connectivity index (χ4n) is 2.24. The van der Waals surface area contributed by atoms with Gasteiger partial charge in [0.05, 0.1) is 12.6 Å². The molecule has 0 bridgehead atoms. The van der Waals surface area contributed by atoms with Crippen LogP contribution in [-0.2, 0) is 11.3 Å². The molecule has 0 aliphatic rings. The smallest absolute Gasteiger partial charge is 0.234 e. The highest BCUT2D eigenvalue weighted by atomic mass is 32.2. The molecule has 0 unspecified atom stereocenters. The second kappa shape index (κ2) is 8.36. The Bertz CT molecular complexity index is 581. The van der Waals surface area contributed by atoms with Gasteiger partial charge in [-0.3, -0.25) is 9.69 Å². The molecule has 1 atom stereocenters. The number of carbonyl (C=O) groups is 1. The topological polar surface area (TPSA) is 32.3 Å². The Morgan fingerprint density at radius 1 is 1.32 bits per heavy atom. The minimum absolute atomic E-state index is 0.0594. The molecule has 0 saturated carbocycles. The van der Waals surface area contributed by atoms with Crippen molar-refractivity contribution in [2.24, 2.45) is 0 Å². The van der Waals surface area contributed by atoms with Crippen molar-refractivity contribution in [3.8, 4) is 0 Å². The summed E-state index contributed by atoms with van der Waals surface area (Å²) in [6.45, 7) is 3.19. The minimum atomic E-state index is 0.0594. The number of carbonyl (C=O) groups excluding carboxylic acids is 1. The van der Waals surface area contributed by atoms with Crippen molar-refractivity contribution in [2.75, 3.05) is 19.8 Å². The van der Waals surface area contributed by atoms with Gasteiger partial charge in [-0.1, -0.05) is 18.2 Å². The number of likely N-dealkylation sites (N-methyl/N-ethyl adjacent to an activating group) is 1. The zero-order valence-electron chi connectivity index (χ0n) is 13.2. The summed E-state index contributed by atoms with van der Waals surface area (Å²) in [7, 11) is 1.97. The second-order valence-corrected chi connectivity index (χ2v) is 7.18. The van der Waals surface area contributed by atoms with Gasteiger partial charge >= 0.3 is 0 Å². The highest BCUT2D eigenvalue weighted by Gasteiger charge is 2.12. The molecule has 0 aliphatic heterocycles. The number of nitrogens with zero attached hydrogens (tertiary/aromatic N) is 1. The summed E-state index contributed by atoms with van der Waals surface area (Å²) in [5.41, 5.74) is 1.22. The number of thiophene rings is 1. The summed E-state index contributed by atoms with van der Waals surface area (Å²) >= 11 is 3.40. The van der Waals surface area contributed by atoms with Gasteiger partial charge in [0.25, 0.3) is 0 Å². The monoisotopic (exact) mass is 334 g/mol. The Kier molecular flexibility index (Phi) is 6.49. The number of amides is 1. The lowest BCUT2D eigenvalue weighted by atomic mass is 10.2. The van der Waals surface area contributed by atoms with E-state index in [1.54, 1.807) is 23.1 Å². The molecular formula is C17H22N2OS2. The van der Waals surface area contributed by atoms with Crippen LogP contribution >= 0.6 is 23.1 Å².